The van der Waals surface area contributed by atoms with E-state index in [1.54, 1.807) is 0 Å². The van der Waals surface area contributed by atoms with E-state index in [0.717, 1.165) is 60.8 Å². The highest BCUT2D eigenvalue weighted by molar-refractivity contribution is 8.26. The van der Waals surface area contributed by atoms with Crippen LogP contribution in [0.4, 0.5) is 0 Å². The van der Waals surface area contributed by atoms with Crippen LogP contribution in [0.15, 0.2) is 140 Å². The van der Waals surface area contributed by atoms with Crippen LogP contribution in [-0.2, 0) is 11.8 Å². The highest BCUT2D eigenvalue weighted by Crippen LogP contribution is 2.60. The van der Waals surface area contributed by atoms with Crippen molar-refractivity contribution in [3.05, 3.63) is 140 Å². The van der Waals surface area contributed by atoms with Crippen molar-refractivity contribution < 1.29 is 9.47 Å². The summed E-state index contributed by atoms with van der Waals surface area (Å²) >= 11 is 6.79. The molecule has 1 unspecified atom stereocenters. The van der Waals surface area contributed by atoms with Crippen LogP contribution in [0, 0.1) is 0 Å². The zero-order valence-electron chi connectivity index (χ0n) is 23.5. The van der Waals surface area contributed by atoms with Crippen LogP contribution >= 0.6 is 6.04 Å². The van der Waals surface area contributed by atoms with Crippen LogP contribution in [-0.4, -0.2) is 0 Å². The number of hydrogen-bond acceptors (Lipinski definition) is 3. The first-order valence-electron chi connectivity index (χ1n) is 14.8. The fourth-order valence-corrected chi connectivity index (χ4v) is 11.8. The lowest BCUT2D eigenvalue weighted by molar-refractivity contribution is 0.469. The molecule has 0 spiro atoms. The molecular formula is C40H23O2PS. The standard InChI is InChI=1S/C40H23O2PS/c44-43-37-16-8-7-15-34(37)41-35-22-26(23-36(40(35)43)42-39-27-10-2-1-9-24(27)18-20-38(39)43)25-17-19-32-30-13-4-3-11-28(30)29-12-5-6-14-31(29)33(32)21-25/h1-23H. The van der Waals surface area contributed by atoms with E-state index in [-0.39, 0.29) is 0 Å². The molecule has 0 saturated heterocycles. The molecule has 0 saturated carbocycles. The summed E-state index contributed by atoms with van der Waals surface area (Å²) in [4.78, 5) is 0. The molecule has 0 amide bonds. The van der Waals surface area contributed by atoms with Gasteiger partial charge in [-0.3, -0.25) is 0 Å². The van der Waals surface area contributed by atoms with Gasteiger partial charge in [0.2, 0.25) is 0 Å². The predicted octanol–water partition coefficient (Wildman–Crippen LogP) is 9.93. The van der Waals surface area contributed by atoms with Crippen molar-refractivity contribution in [1.29, 1.82) is 0 Å². The van der Waals surface area contributed by atoms with Crippen molar-refractivity contribution in [3.8, 4) is 34.1 Å². The average Bonchev–Trinajstić information content (AvgIpc) is 3.08. The Morgan fingerprint density at radius 2 is 1.00 bits per heavy atom. The van der Waals surface area contributed by atoms with Crippen LogP contribution in [0.25, 0.3) is 54.2 Å². The van der Waals surface area contributed by atoms with Crippen molar-refractivity contribution in [2.75, 3.05) is 0 Å². The zero-order valence-corrected chi connectivity index (χ0v) is 25.2. The fraction of sp³-hybridized carbons (Fsp3) is 0. The van der Waals surface area contributed by atoms with Crippen molar-refractivity contribution >= 4 is 76.8 Å². The average molecular weight is 599 g/mol. The van der Waals surface area contributed by atoms with E-state index in [1.165, 1.54) is 32.3 Å². The Morgan fingerprint density at radius 1 is 0.409 bits per heavy atom. The van der Waals surface area contributed by atoms with Gasteiger partial charge >= 0.3 is 0 Å². The molecule has 0 aliphatic carbocycles. The van der Waals surface area contributed by atoms with E-state index in [0.29, 0.717) is 0 Å². The van der Waals surface area contributed by atoms with Gasteiger partial charge < -0.3 is 9.47 Å². The minimum atomic E-state index is -2.45. The van der Waals surface area contributed by atoms with E-state index in [4.69, 9.17) is 21.3 Å². The van der Waals surface area contributed by atoms with Gasteiger partial charge in [0.15, 0.2) is 0 Å². The van der Waals surface area contributed by atoms with E-state index in [1.807, 2.05) is 12.1 Å². The second-order valence-electron chi connectivity index (χ2n) is 11.6. The van der Waals surface area contributed by atoms with Gasteiger partial charge in [-0.2, -0.15) is 0 Å². The van der Waals surface area contributed by atoms with Crippen molar-refractivity contribution in [3.63, 3.8) is 0 Å². The lowest BCUT2D eigenvalue weighted by Gasteiger charge is -2.38. The zero-order chi connectivity index (χ0) is 29.0. The first kappa shape index (κ1) is 24.5. The maximum absolute atomic E-state index is 6.88. The minimum absolute atomic E-state index is 0.793. The number of para-hydroxylation sites is 1. The lowest BCUT2D eigenvalue weighted by atomic mass is 9.92. The highest BCUT2D eigenvalue weighted by Gasteiger charge is 2.43. The van der Waals surface area contributed by atoms with Gasteiger partial charge in [-0.1, -0.05) is 115 Å². The third-order valence-corrected chi connectivity index (χ3v) is 14.1. The predicted molar refractivity (Wildman–Crippen MR) is 188 cm³/mol. The van der Waals surface area contributed by atoms with Crippen molar-refractivity contribution in [1.82, 2.24) is 0 Å². The molecule has 2 nitrogen and oxygen atoms in total. The monoisotopic (exact) mass is 598 g/mol. The molecule has 0 bridgehead atoms. The number of fused-ring (bicyclic) bond motifs is 12. The van der Waals surface area contributed by atoms with Gasteiger partial charge in [0.1, 0.15) is 23.0 Å². The highest BCUT2D eigenvalue weighted by atomic mass is 32.4. The molecule has 8 aromatic carbocycles. The molecule has 4 heteroatoms. The summed E-state index contributed by atoms with van der Waals surface area (Å²) in [5.41, 5.74) is 2.16. The molecular weight excluding hydrogens is 575 g/mol. The molecule has 0 radical (unpaired) electrons. The van der Waals surface area contributed by atoms with Gasteiger partial charge in [-0.15, -0.1) is 0 Å². The molecule has 0 aromatic heterocycles. The normalized spacial score (nSPS) is 16.3. The van der Waals surface area contributed by atoms with E-state index in [2.05, 4.69) is 127 Å². The number of rotatable bonds is 1. The summed E-state index contributed by atoms with van der Waals surface area (Å²) in [7, 11) is 0. The van der Waals surface area contributed by atoms with Crippen molar-refractivity contribution in [2.45, 2.75) is 0 Å². The Hall–Kier alpha value is -4.95. The molecule has 0 N–H and O–H groups in total. The summed E-state index contributed by atoms with van der Waals surface area (Å²) in [5.74, 6) is 3.29. The summed E-state index contributed by atoms with van der Waals surface area (Å²) < 4.78 is 13.5. The second kappa shape index (κ2) is 8.80. The molecule has 2 aliphatic heterocycles. The van der Waals surface area contributed by atoms with Crippen LogP contribution in [0.5, 0.6) is 23.0 Å². The molecule has 2 aliphatic rings. The van der Waals surface area contributed by atoms with Gasteiger partial charge in [-0.25, -0.2) is 0 Å². The number of ether oxygens (including phenoxy) is 2. The van der Waals surface area contributed by atoms with Gasteiger partial charge in [-0.05, 0) is 85.2 Å². The van der Waals surface area contributed by atoms with E-state index in [9.17, 15) is 0 Å². The SMILES string of the molecule is S=P12c3ccccc3Oc3cc(-c4ccc5c6ccccc6c6ccccc6c5c4)cc(c31)Oc1c2ccc2ccccc12. The lowest BCUT2D eigenvalue weighted by Crippen LogP contribution is -2.35. The third kappa shape index (κ3) is 3.18. The summed E-state index contributed by atoms with van der Waals surface area (Å²) in [6, 6.07) is 47.1. The Morgan fingerprint density at radius 3 is 1.75 bits per heavy atom. The largest absolute Gasteiger partial charge is 0.456 e. The third-order valence-electron chi connectivity index (χ3n) is 9.27. The number of hydrogen-bond donors (Lipinski definition) is 0. The first-order valence-corrected chi connectivity index (χ1v) is 17.6. The smallest absolute Gasteiger partial charge is 0.144 e. The van der Waals surface area contributed by atoms with Gasteiger partial charge in [0, 0.05) is 16.0 Å². The van der Waals surface area contributed by atoms with Crippen molar-refractivity contribution in [2.24, 2.45) is 0 Å². The van der Waals surface area contributed by atoms with Crippen LogP contribution in [0.3, 0.4) is 0 Å². The Labute approximate surface area is 259 Å². The second-order valence-corrected chi connectivity index (χ2v) is 15.9. The molecule has 44 heavy (non-hydrogen) atoms. The minimum Gasteiger partial charge on any atom is -0.456 e. The molecule has 2 heterocycles. The molecule has 10 rings (SSSR count). The topological polar surface area (TPSA) is 18.5 Å². The fourth-order valence-electron chi connectivity index (χ4n) is 7.29. The summed E-state index contributed by atoms with van der Waals surface area (Å²) in [5, 5.41) is 12.9. The van der Waals surface area contributed by atoms with Crippen LogP contribution < -0.4 is 25.4 Å². The molecule has 0 fully saturated rings. The maximum Gasteiger partial charge on any atom is 0.144 e. The summed E-state index contributed by atoms with van der Waals surface area (Å²) in [6.07, 6.45) is 0. The molecule has 8 aromatic rings. The van der Waals surface area contributed by atoms with E-state index < -0.39 is 6.04 Å². The maximum atomic E-state index is 6.88. The van der Waals surface area contributed by atoms with Crippen LogP contribution in [0.2, 0.25) is 0 Å². The quantitative estimate of drug-likeness (QED) is 0.138. The molecule has 206 valence electrons. The van der Waals surface area contributed by atoms with Gasteiger partial charge in [0.05, 0.1) is 11.3 Å². The Bertz CT molecular complexity index is 2570. The summed E-state index contributed by atoms with van der Waals surface area (Å²) in [6.45, 7) is 0. The first-order chi connectivity index (χ1) is 21.7. The Kier molecular flexibility index (Phi) is 4.90. The van der Waals surface area contributed by atoms with E-state index >= 15 is 0 Å². The van der Waals surface area contributed by atoms with Crippen LogP contribution in [0.1, 0.15) is 0 Å². The Balaban J connectivity index is 1.26. The number of benzene rings is 8. The van der Waals surface area contributed by atoms with Gasteiger partial charge in [0.25, 0.3) is 0 Å². The molecule has 1 atom stereocenters.